The molecular weight excluding hydrogens is 378 g/mol. The molecule has 8 heteroatoms. The molecule has 0 unspecified atom stereocenters. The van der Waals surface area contributed by atoms with E-state index in [1.165, 1.54) is 6.33 Å². The Labute approximate surface area is 165 Å². The highest BCUT2D eigenvalue weighted by Crippen LogP contribution is 2.36. The summed E-state index contributed by atoms with van der Waals surface area (Å²) in [5, 5.41) is 17.2. The molecule has 0 aliphatic carbocycles. The van der Waals surface area contributed by atoms with Crippen LogP contribution in [0.5, 0.6) is 0 Å². The van der Waals surface area contributed by atoms with Crippen LogP contribution >= 0.6 is 11.6 Å². The summed E-state index contributed by atoms with van der Waals surface area (Å²) in [5.74, 6) is -1.02. The predicted molar refractivity (Wildman–Crippen MR) is 109 cm³/mol. The Balaban J connectivity index is 1.87. The summed E-state index contributed by atoms with van der Waals surface area (Å²) in [5.41, 5.74) is 3.27. The van der Waals surface area contributed by atoms with Crippen LogP contribution in [0.4, 0.5) is 22.7 Å². The van der Waals surface area contributed by atoms with Gasteiger partial charge in [-0.1, -0.05) is 23.7 Å². The third-order valence-corrected chi connectivity index (χ3v) is 4.32. The van der Waals surface area contributed by atoms with E-state index in [1.54, 1.807) is 61.1 Å². The zero-order valence-corrected chi connectivity index (χ0v) is 15.2. The third-order valence-electron chi connectivity index (χ3n) is 4.09. The standard InChI is InChI=1S/C20H14ClN5O2/c21-12-5-6-16-15(7-12)19(26-17-4-2-1-3-14(17)20(27)28)18(10-24-16)25-13-8-22-11-23-9-13/h1-11,25H,(H,24,26)(H,27,28). The number of aromatic nitrogens is 3. The lowest BCUT2D eigenvalue weighted by molar-refractivity contribution is 0.0698. The van der Waals surface area contributed by atoms with E-state index in [-0.39, 0.29) is 5.56 Å². The smallest absolute Gasteiger partial charge is 0.337 e. The molecule has 2 aromatic heterocycles. The van der Waals surface area contributed by atoms with Crippen LogP contribution in [0.3, 0.4) is 0 Å². The van der Waals surface area contributed by atoms with E-state index in [4.69, 9.17) is 11.6 Å². The van der Waals surface area contributed by atoms with Gasteiger partial charge in [-0.15, -0.1) is 0 Å². The fourth-order valence-corrected chi connectivity index (χ4v) is 3.00. The van der Waals surface area contributed by atoms with Crippen LogP contribution < -0.4 is 10.6 Å². The van der Waals surface area contributed by atoms with Gasteiger partial charge in [0.2, 0.25) is 0 Å². The van der Waals surface area contributed by atoms with E-state index >= 15 is 0 Å². The van der Waals surface area contributed by atoms with Crippen molar-refractivity contribution in [1.29, 1.82) is 0 Å². The van der Waals surface area contributed by atoms with Crippen LogP contribution in [0, 0.1) is 0 Å². The van der Waals surface area contributed by atoms with Crippen molar-refractivity contribution in [3.63, 3.8) is 0 Å². The summed E-state index contributed by atoms with van der Waals surface area (Å²) in [6.45, 7) is 0. The van der Waals surface area contributed by atoms with Crippen molar-refractivity contribution in [3.05, 3.63) is 78.0 Å². The monoisotopic (exact) mass is 391 g/mol. The summed E-state index contributed by atoms with van der Waals surface area (Å²) < 4.78 is 0. The number of hydrogen-bond donors (Lipinski definition) is 3. The van der Waals surface area contributed by atoms with Gasteiger partial charge in [-0.3, -0.25) is 4.98 Å². The second-order valence-electron chi connectivity index (χ2n) is 5.94. The minimum absolute atomic E-state index is 0.156. The first-order valence-corrected chi connectivity index (χ1v) is 8.69. The maximum absolute atomic E-state index is 11.6. The van der Waals surface area contributed by atoms with Gasteiger partial charge in [0.05, 0.1) is 52.4 Å². The fraction of sp³-hybridized carbons (Fsp3) is 0. The fourth-order valence-electron chi connectivity index (χ4n) is 2.83. The number of rotatable bonds is 5. The normalized spacial score (nSPS) is 10.6. The van der Waals surface area contributed by atoms with E-state index < -0.39 is 5.97 Å². The summed E-state index contributed by atoms with van der Waals surface area (Å²) in [6.07, 6.45) is 6.36. The Hall–Kier alpha value is -3.71. The van der Waals surface area contributed by atoms with Crippen LogP contribution in [0.15, 0.2) is 67.4 Å². The predicted octanol–water partition coefficient (Wildman–Crippen LogP) is 4.86. The molecule has 138 valence electrons. The van der Waals surface area contributed by atoms with Gasteiger partial charge >= 0.3 is 5.97 Å². The molecule has 0 saturated carbocycles. The Morgan fingerprint density at radius 2 is 1.75 bits per heavy atom. The highest BCUT2D eigenvalue weighted by atomic mass is 35.5. The number of carboxylic acids is 1. The number of anilines is 4. The van der Waals surface area contributed by atoms with Crippen molar-refractivity contribution >= 4 is 51.2 Å². The molecule has 0 saturated heterocycles. The Morgan fingerprint density at radius 1 is 0.964 bits per heavy atom. The van der Waals surface area contributed by atoms with Gasteiger partial charge in [-0.25, -0.2) is 14.8 Å². The molecule has 4 rings (SSSR count). The average molecular weight is 392 g/mol. The van der Waals surface area contributed by atoms with Crippen molar-refractivity contribution in [2.24, 2.45) is 0 Å². The van der Waals surface area contributed by atoms with Crippen molar-refractivity contribution in [2.45, 2.75) is 0 Å². The van der Waals surface area contributed by atoms with Gasteiger partial charge in [0, 0.05) is 10.4 Å². The van der Waals surface area contributed by atoms with E-state index in [0.717, 1.165) is 10.9 Å². The van der Waals surface area contributed by atoms with Gasteiger partial charge in [0.25, 0.3) is 0 Å². The third kappa shape index (κ3) is 3.56. The highest BCUT2D eigenvalue weighted by Gasteiger charge is 2.15. The average Bonchev–Trinajstić information content (AvgIpc) is 2.71. The minimum Gasteiger partial charge on any atom is -0.478 e. The summed E-state index contributed by atoms with van der Waals surface area (Å²) >= 11 is 6.20. The molecule has 2 aromatic carbocycles. The summed E-state index contributed by atoms with van der Waals surface area (Å²) in [7, 11) is 0. The molecule has 0 radical (unpaired) electrons. The van der Waals surface area contributed by atoms with Gasteiger partial charge in [0.15, 0.2) is 0 Å². The number of benzene rings is 2. The second-order valence-corrected chi connectivity index (χ2v) is 6.37. The van der Waals surface area contributed by atoms with Crippen LogP contribution in [0.2, 0.25) is 5.02 Å². The lowest BCUT2D eigenvalue weighted by atomic mass is 10.1. The van der Waals surface area contributed by atoms with Crippen LogP contribution in [0.25, 0.3) is 10.9 Å². The number of fused-ring (bicyclic) bond motifs is 1. The second kappa shape index (κ2) is 7.50. The van der Waals surface area contributed by atoms with Crippen molar-refractivity contribution in [1.82, 2.24) is 15.0 Å². The van der Waals surface area contributed by atoms with E-state index in [2.05, 4.69) is 25.6 Å². The number of hydrogen-bond acceptors (Lipinski definition) is 6. The molecule has 0 spiro atoms. The number of pyridine rings is 1. The molecule has 4 aromatic rings. The van der Waals surface area contributed by atoms with Gasteiger partial charge in [0.1, 0.15) is 6.33 Å². The van der Waals surface area contributed by atoms with Crippen LogP contribution in [0.1, 0.15) is 10.4 Å². The SMILES string of the molecule is O=C(O)c1ccccc1Nc1c(Nc2cncnc2)cnc2ccc(Cl)cc12. The van der Waals surface area contributed by atoms with Gasteiger partial charge in [-0.2, -0.15) is 0 Å². The van der Waals surface area contributed by atoms with Crippen LogP contribution in [-0.4, -0.2) is 26.0 Å². The molecule has 0 fully saturated rings. The summed E-state index contributed by atoms with van der Waals surface area (Å²) in [4.78, 5) is 24.0. The molecule has 7 nitrogen and oxygen atoms in total. The lowest BCUT2D eigenvalue weighted by Gasteiger charge is -2.17. The first-order chi connectivity index (χ1) is 13.6. The molecule has 28 heavy (non-hydrogen) atoms. The van der Waals surface area contributed by atoms with Gasteiger partial charge in [-0.05, 0) is 30.3 Å². The maximum atomic E-state index is 11.6. The number of nitrogens with zero attached hydrogens (tertiary/aromatic N) is 3. The molecule has 0 aliphatic rings. The number of halogens is 1. The maximum Gasteiger partial charge on any atom is 0.337 e. The first kappa shape index (κ1) is 17.7. The van der Waals surface area contributed by atoms with Gasteiger partial charge < -0.3 is 15.7 Å². The molecule has 0 amide bonds. The topological polar surface area (TPSA) is 100 Å². The number of nitrogens with one attached hydrogen (secondary N) is 2. The zero-order chi connectivity index (χ0) is 19.5. The lowest BCUT2D eigenvalue weighted by Crippen LogP contribution is -2.05. The number of carboxylic acid groups (broad SMARTS) is 1. The molecule has 0 bridgehead atoms. The minimum atomic E-state index is -1.02. The molecule has 0 atom stereocenters. The molecular formula is C20H14ClN5O2. The first-order valence-electron chi connectivity index (χ1n) is 8.31. The largest absolute Gasteiger partial charge is 0.478 e. The van der Waals surface area contributed by atoms with Crippen molar-refractivity contribution < 1.29 is 9.90 Å². The molecule has 3 N–H and O–H groups in total. The Kier molecular flexibility index (Phi) is 4.74. The Morgan fingerprint density at radius 3 is 2.54 bits per heavy atom. The number of para-hydroxylation sites is 1. The van der Waals surface area contributed by atoms with E-state index in [1.807, 2.05) is 0 Å². The highest BCUT2D eigenvalue weighted by molar-refractivity contribution is 6.31. The number of carbonyl (C=O) groups is 1. The molecule has 2 heterocycles. The zero-order valence-electron chi connectivity index (χ0n) is 14.4. The van der Waals surface area contributed by atoms with Crippen molar-refractivity contribution in [2.75, 3.05) is 10.6 Å². The van der Waals surface area contributed by atoms with E-state index in [0.29, 0.717) is 27.8 Å². The quantitative estimate of drug-likeness (QED) is 0.446. The van der Waals surface area contributed by atoms with E-state index in [9.17, 15) is 9.90 Å². The number of aromatic carboxylic acids is 1. The summed E-state index contributed by atoms with van der Waals surface area (Å²) in [6, 6.07) is 12.0. The molecule has 0 aliphatic heterocycles. The van der Waals surface area contributed by atoms with Crippen molar-refractivity contribution in [3.8, 4) is 0 Å². The van der Waals surface area contributed by atoms with Crippen LogP contribution in [-0.2, 0) is 0 Å². The Bertz CT molecular complexity index is 1170.